The van der Waals surface area contributed by atoms with Gasteiger partial charge in [-0.15, -0.1) is 0 Å². The molecule has 210 valence electrons. The van der Waals surface area contributed by atoms with E-state index in [1.54, 1.807) is 0 Å². The van der Waals surface area contributed by atoms with Gasteiger partial charge < -0.3 is 9.32 Å². The first-order valence-corrected chi connectivity index (χ1v) is 15.6. The van der Waals surface area contributed by atoms with E-state index in [9.17, 15) is 0 Å². The molecule has 0 N–H and O–H groups in total. The second kappa shape index (κ2) is 9.32. The second-order valence-electron chi connectivity index (χ2n) is 12.0. The van der Waals surface area contributed by atoms with Gasteiger partial charge in [-0.25, -0.2) is 0 Å². The standard InChI is InChI=1S/C43H27NO/c1-2-11-27(12-3-1)44(29-22-24-41-38(25-29)32-14-8-9-20-40(32)45-41)28-21-23-31-34-16-6-7-17-36-37-19-10-18-35(43(37)39(31)26-28)30-13-4-5-15-33(30)42(34)36/h1-5,7-26H,6H2. The highest BCUT2D eigenvalue weighted by Crippen LogP contribution is 2.56. The SMILES string of the molecule is C1=CC2=C3C(=CC1)c1ccc(N(c4ccccc4)c4ccc5oc6ccccc6c5c4)cc1-c1c2cccc1-c1ccccc13. The molecule has 0 radical (unpaired) electrons. The number of hydrogen-bond acceptors (Lipinski definition) is 2. The Morgan fingerprint density at radius 2 is 1.22 bits per heavy atom. The fourth-order valence-corrected chi connectivity index (χ4v) is 7.68. The third-order valence-corrected chi connectivity index (χ3v) is 9.58. The van der Waals surface area contributed by atoms with E-state index in [1.165, 1.54) is 55.7 Å². The average Bonchev–Trinajstić information content (AvgIpc) is 3.22. The Balaban J connectivity index is 1.26. The fraction of sp³-hybridized carbons (Fsp3) is 0.0233. The lowest BCUT2D eigenvalue weighted by Crippen LogP contribution is -2.10. The summed E-state index contributed by atoms with van der Waals surface area (Å²) in [7, 11) is 0. The Morgan fingerprint density at radius 3 is 2.16 bits per heavy atom. The van der Waals surface area contributed by atoms with E-state index in [4.69, 9.17) is 4.42 Å². The average molecular weight is 574 g/mol. The van der Waals surface area contributed by atoms with Crippen LogP contribution >= 0.6 is 0 Å². The number of hydrogen-bond donors (Lipinski definition) is 0. The molecule has 0 amide bonds. The smallest absolute Gasteiger partial charge is 0.135 e. The van der Waals surface area contributed by atoms with Crippen molar-refractivity contribution in [2.45, 2.75) is 6.42 Å². The second-order valence-corrected chi connectivity index (χ2v) is 12.0. The van der Waals surface area contributed by atoms with E-state index in [0.29, 0.717) is 0 Å². The van der Waals surface area contributed by atoms with Gasteiger partial charge in [-0.2, -0.15) is 0 Å². The van der Waals surface area contributed by atoms with Crippen LogP contribution in [0.3, 0.4) is 0 Å². The summed E-state index contributed by atoms with van der Waals surface area (Å²) >= 11 is 0. The van der Waals surface area contributed by atoms with Gasteiger partial charge in [-0.05, 0) is 111 Å². The highest BCUT2D eigenvalue weighted by Gasteiger charge is 2.33. The van der Waals surface area contributed by atoms with Crippen molar-refractivity contribution >= 4 is 55.7 Å². The zero-order valence-electron chi connectivity index (χ0n) is 24.5. The summed E-state index contributed by atoms with van der Waals surface area (Å²) in [5.74, 6) is 0. The molecule has 0 saturated carbocycles. The minimum atomic E-state index is 0.901. The molecule has 10 rings (SSSR count). The van der Waals surface area contributed by atoms with Crippen molar-refractivity contribution in [2.24, 2.45) is 0 Å². The monoisotopic (exact) mass is 573 g/mol. The molecular weight excluding hydrogens is 546 g/mol. The fourth-order valence-electron chi connectivity index (χ4n) is 7.68. The zero-order valence-corrected chi connectivity index (χ0v) is 24.5. The Labute approximate surface area is 261 Å². The number of furan rings is 1. The van der Waals surface area contributed by atoms with Crippen LogP contribution in [-0.4, -0.2) is 0 Å². The topological polar surface area (TPSA) is 16.4 Å². The van der Waals surface area contributed by atoms with Gasteiger partial charge in [0.25, 0.3) is 0 Å². The van der Waals surface area contributed by atoms with Crippen molar-refractivity contribution in [2.75, 3.05) is 4.90 Å². The van der Waals surface area contributed by atoms with Gasteiger partial charge in [-0.1, -0.05) is 103 Å². The molecule has 1 heterocycles. The highest BCUT2D eigenvalue weighted by molar-refractivity contribution is 6.26. The molecule has 45 heavy (non-hydrogen) atoms. The van der Waals surface area contributed by atoms with E-state index in [1.807, 2.05) is 12.1 Å². The number of benzene rings is 6. The minimum Gasteiger partial charge on any atom is -0.456 e. The maximum absolute atomic E-state index is 6.20. The summed E-state index contributed by atoms with van der Waals surface area (Å²) in [6.45, 7) is 0. The van der Waals surface area contributed by atoms with Crippen molar-refractivity contribution in [3.8, 4) is 22.3 Å². The zero-order chi connectivity index (χ0) is 29.5. The van der Waals surface area contributed by atoms with Crippen LogP contribution in [0.25, 0.3) is 60.9 Å². The Morgan fingerprint density at radius 1 is 0.489 bits per heavy atom. The van der Waals surface area contributed by atoms with Crippen LogP contribution < -0.4 is 4.90 Å². The predicted octanol–water partition coefficient (Wildman–Crippen LogP) is 12.0. The van der Waals surface area contributed by atoms with Crippen LogP contribution in [0.1, 0.15) is 23.1 Å². The molecule has 6 aromatic carbocycles. The molecule has 2 heteroatoms. The van der Waals surface area contributed by atoms with Crippen LogP contribution in [0, 0.1) is 0 Å². The van der Waals surface area contributed by atoms with Gasteiger partial charge in [-0.3, -0.25) is 0 Å². The third-order valence-electron chi connectivity index (χ3n) is 9.58. The normalized spacial score (nSPS) is 14.1. The lowest BCUT2D eigenvalue weighted by molar-refractivity contribution is 0.669. The van der Waals surface area contributed by atoms with Gasteiger partial charge in [0.15, 0.2) is 0 Å². The van der Waals surface area contributed by atoms with Crippen molar-refractivity contribution in [1.29, 1.82) is 0 Å². The van der Waals surface area contributed by atoms with Crippen LogP contribution in [-0.2, 0) is 0 Å². The van der Waals surface area contributed by atoms with Crippen LogP contribution in [0.15, 0.2) is 156 Å². The largest absolute Gasteiger partial charge is 0.456 e. The maximum atomic E-state index is 6.20. The van der Waals surface area contributed by atoms with Gasteiger partial charge in [0.05, 0.1) is 0 Å². The van der Waals surface area contributed by atoms with E-state index in [-0.39, 0.29) is 0 Å². The van der Waals surface area contributed by atoms with E-state index in [0.717, 1.165) is 45.4 Å². The molecule has 0 unspecified atom stereocenters. The highest BCUT2D eigenvalue weighted by atomic mass is 16.3. The molecule has 0 fully saturated rings. The number of fused-ring (bicyclic) bond motifs is 7. The first-order chi connectivity index (χ1) is 22.3. The summed E-state index contributed by atoms with van der Waals surface area (Å²) < 4.78 is 6.20. The van der Waals surface area contributed by atoms with E-state index >= 15 is 0 Å². The molecule has 0 saturated heterocycles. The number of allylic oxidation sites excluding steroid dienone is 6. The molecular formula is C43H27NO. The number of para-hydroxylation sites is 2. The third kappa shape index (κ3) is 3.51. The van der Waals surface area contributed by atoms with Crippen molar-refractivity contribution in [3.63, 3.8) is 0 Å². The summed E-state index contributed by atoms with van der Waals surface area (Å²) in [4.78, 5) is 2.37. The van der Waals surface area contributed by atoms with Gasteiger partial charge in [0.2, 0.25) is 0 Å². The maximum Gasteiger partial charge on any atom is 0.135 e. The number of anilines is 3. The van der Waals surface area contributed by atoms with Crippen molar-refractivity contribution in [3.05, 3.63) is 168 Å². The Bertz CT molecular complexity index is 2450. The molecule has 6 bridgehead atoms. The lowest BCUT2D eigenvalue weighted by atomic mass is 9.81. The summed E-state index contributed by atoms with van der Waals surface area (Å²) in [5, 5.41) is 2.25. The molecule has 3 aliphatic rings. The van der Waals surface area contributed by atoms with Crippen molar-refractivity contribution < 1.29 is 4.42 Å². The van der Waals surface area contributed by atoms with Gasteiger partial charge in [0, 0.05) is 27.8 Å². The summed E-state index contributed by atoms with van der Waals surface area (Å²) in [6, 6.07) is 48.3. The molecule has 0 atom stereocenters. The summed E-state index contributed by atoms with van der Waals surface area (Å²) in [5.41, 5.74) is 18.2. The lowest BCUT2D eigenvalue weighted by Gasteiger charge is -2.28. The molecule has 1 aromatic heterocycles. The number of nitrogens with zero attached hydrogens (tertiary/aromatic N) is 1. The summed E-state index contributed by atoms with van der Waals surface area (Å²) in [6.07, 6.45) is 7.98. The Kier molecular flexibility index (Phi) is 5.09. The van der Waals surface area contributed by atoms with Crippen LogP contribution in [0.5, 0.6) is 0 Å². The quantitative estimate of drug-likeness (QED) is 0.209. The van der Waals surface area contributed by atoms with Crippen molar-refractivity contribution in [1.82, 2.24) is 0 Å². The van der Waals surface area contributed by atoms with Gasteiger partial charge in [0.1, 0.15) is 11.2 Å². The molecule has 0 spiro atoms. The molecule has 0 aliphatic heterocycles. The van der Waals surface area contributed by atoms with Crippen LogP contribution in [0.4, 0.5) is 17.1 Å². The van der Waals surface area contributed by atoms with E-state index < -0.39 is 0 Å². The first-order valence-electron chi connectivity index (χ1n) is 15.6. The number of rotatable bonds is 3. The van der Waals surface area contributed by atoms with Crippen LogP contribution in [0.2, 0.25) is 0 Å². The Hall–Kier alpha value is -5.86. The minimum absolute atomic E-state index is 0.901. The van der Waals surface area contributed by atoms with Gasteiger partial charge >= 0.3 is 0 Å². The predicted molar refractivity (Wildman–Crippen MR) is 188 cm³/mol. The molecule has 3 aliphatic carbocycles. The molecule has 7 aromatic rings. The van der Waals surface area contributed by atoms with E-state index in [2.05, 4.69) is 144 Å². The first kappa shape index (κ1) is 24.6. The molecule has 2 nitrogen and oxygen atoms in total.